The molecule has 0 unspecified atom stereocenters. The summed E-state index contributed by atoms with van der Waals surface area (Å²) in [6, 6.07) is 61.5. The molecule has 5 heteroatoms. The van der Waals surface area contributed by atoms with Gasteiger partial charge in [-0.05, 0) is 47.5 Å². The molecule has 0 N–H and O–H groups in total. The fourth-order valence-electron chi connectivity index (χ4n) is 7.28. The summed E-state index contributed by atoms with van der Waals surface area (Å²) in [7, 11) is 0. The highest BCUT2D eigenvalue weighted by Crippen LogP contribution is 2.40. The number of para-hydroxylation sites is 2. The van der Waals surface area contributed by atoms with Gasteiger partial charge in [0.05, 0.1) is 22.1 Å². The highest BCUT2D eigenvalue weighted by Gasteiger charge is 2.21. The fourth-order valence-corrected chi connectivity index (χ4v) is 7.28. The maximum atomic E-state index is 5.15. The van der Waals surface area contributed by atoms with Gasteiger partial charge >= 0.3 is 0 Å². The van der Waals surface area contributed by atoms with Gasteiger partial charge in [-0.3, -0.25) is 4.57 Å². The van der Waals surface area contributed by atoms with E-state index < -0.39 is 0 Å². The molecule has 0 saturated heterocycles. The molecule has 3 aromatic heterocycles. The van der Waals surface area contributed by atoms with Crippen LogP contribution in [0.4, 0.5) is 0 Å². The smallest absolute Gasteiger partial charge is 0.238 e. The Morgan fingerprint density at radius 2 is 0.780 bits per heavy atom. The topological polar surface area (TPSA) is 48.5 Å². The number of fused-ring (bicyclic) bond motifs is 6. The van der Waals surface area contributed by atoms with Crippen molar-refractivity contribution >= 4 is 43.6 Å². The van der Waals surface area contributed by atoms with E-state index in [1.807, 2.05) is 60.7 Å². The van der Waals surface area contributed by atoms with Crippen LogP contribution in [-0.4, -0.2) is 24.1 Å². The van der Waals surface area contributed by atoms with Crippen LogP contribution in [0.5, 0.6) is 0 Å². The Morgan fingerprint density at radius 1 is 0.300 bits per heavy atom. The summed E-state index contributed by atoms with van der Waals surface area (Å²) in [6.45, 7) is 0. The molecule has 234 valence electrons. The fraction of sp³-hybridized carbons (Fsp3) is 0. The maximum absolute atomic E-state index is 5.15. The predicted molar refractivity (Wildman–Crippen MR) is 205 cm³/mol. The number of rotatable bonds is 5. The molecule has 7 aromatic carbocycles. The lowest BCUT2D eigenvalue weighted by atomic mass is 10.1. The summed E-state index contributed by atoms with van der Waals surface area (Å²) in [5.74, 6) is 1.85. The van der Waals surface area contributed by atoms with E-state index in [0.717, 1.165) is 49.7 Å². The van der Waals surface area contributed by atoms with Crippen molar-refractivity contribution in [3.63, 3.8) is 0 Å². The number of benzene rings is 7. The monoisotopic (exact) mass is 639 g/mol. The molecule has 5 nitrogen and oxygen atoms in total. The molecule has 0 radical (unpaired) electrons. The number of hydrogen-bond acceptors (Lipinski definition) is 3. The Morgan fingerprint density at radius 3 is 1.38 bits per heavy atom. The minimum absolute atomic E-state index is 0.581. The van der Waals surface area contributed by atoms with Crippen molar-refractivity contribution in [1.82, 2.24) is 24.1 Å². The minimum atomic E-state index is 0.581. The van der Waals surface area contributed by atoms with E-state index in [0.29, 0.717) is 17.6 Å². The van der Waals surface area contributed by atoms with Gasteiger partial charge in [-0.25, -0.2) is 4.98 Å². The molecule has 3 heterocycles. The molecule has 0 aliphatic rings. The first kappa shape index (κ1) is 28.2. The molecule has 0 spiro atoms. The van der Waals surface area contributed by atoms with E-state index >= 15 is 0 Å². The van der Waals surface area contributed by atoms with Gasteiger partial charge in [0, 0.05) is 38.4 Å². The summed E-state index contributed by atoms with van der Waals surface area (Å²) < 4.78 is 4.59. The molecule has 0 aliphatic carbocycles. The van der Waals surface area contributed by atoms with Gasteiger partial charge in [-0.2, -0.15) is 9.97 Å². The standard InChI is InChI=1S/C45H29N5/c1-4-15-30(16-5-1)33-21-14-22-34(27-33)49-39-25-12-10-23-35(39)37-28-38-36-24-11-13-26-40(36)50(42(38)29-41(37)49)45-47-43(31-17-6-2-7-18-31)46-44(48-45)32-19-8-3-9-20-32/h1-29H. The zero-order valence-corrected chi connectivity index (χ0v) is 27.0. The van der Waals surface area contributed by atoms with E-state index in [2.05, 4.69) is 124 Å². The van der Waals surface area contributed by atoms with Crippen molar-refractivity contribution in [3.8, 4) is 45.5 Å². The predicted octanol–water partition coefficient (Wildman–Crippen LogP) is 11.1. The Balaban J connectivity index is 1.29. The zero-order chi connectivity index (χ0) is 33.0. The Bertz CT molecular complexity index is 2800. The summed E-state index contributed by atoms with van der Waals surface area (Å²) in [5.41, 5.74) is 9.71. The van der Waals surface area contributed by atoms with Crippen molar-refractivity contribution in [1.29, 1.82) is 0 Å². The van der Waals surface area contributed by atoms with Crippen LogP contribution in [0.1, 0.15) is 0 Å². The molecule has 50 heavy (non-hydrogen) atoms. The first-order valence-corrected chi connectivity index (χ1v) is 16.8. The molecule has 10 rings (SSSR count). The van der Waals surface area contributed by atoms with Crippen LogP contribution in [0.25, 0.3) is 89.2 Å². The van der Waals surface area contributed by atoms with Crippen LogP contribution in [0.2, 0.25) is 0 Å². The Kier molecular flexibility index (Phi) is 6.42. The van der Waals surface area contributed by atoms with E-state index in [1.165, 1.54) is 21.9 Å². The summed E-state index contributed by atoms with van der Waals surface area (Å²) in [4.78, 5) is 15.3. The van der Waals surface area contributed by atoms with Gasteiger partial charge in [0.2, 0.25) is 5.95 Å². The molecular formula is C45H29N5. The summed E-state index contributed by atoms with van der Waals surface area (Å²) >= 11 is 0. The molecule has 0 amide bonds. The second kappa shape index (κ2) is 11.4. The highest BCUT2D eigenvalue weighted by atomic mass is 15.2. The van der Waals surface area contributed by atoms with Crippen LogP contribution < -0.4 is 0 Å². The molecular weight excluding hydrogens is 611 g/mol. The van der Waals surface area contributed by atoms with Crippen LogP contribution >= 0.6 is 0 Å². The lowest BCUT2D eigenvalue weighted by Crippen LogP contribution is -2.06. The second-order valence-electron chi connectivity index (χ2n) is 12.5. The van der Waals surface area contributed by atoms with Crippen LogP contribution in [0.15, 0.2) is 176 Å². The van der Waals surface area contributed by atoms with E-state index in [4.69, 9.17) is 15.0 Å². The van der Waals surface area contributed by atoms with E-state index in [1.54, 1.807) is 0 Å². The lowest BCUT2D eigenvalue weighted by molar-refractivity contribution is 0.953. The summed E-state index contributed by atoms with van der Waals surface area (Å²) in [5, 5.41) is 4.71. The number of hydrogen-bond donors (Lipinski definition) is 0. The lowest BCUT2D eigenvalue weighted by Gasteiger charge is -2.12. The molecule has 0 fully saturated rings. The van der Waals surface area contributed by atoms with Crippen LogP contribution in [-0.2, 0) is 0 Å². The van der Waals surface area contributed by atoms with Gasteiger partial charge in [0.25, 0.3) is 0 Å². The van der Waals surface area contributed by atoms with Crippen molar-refractivity contribution in [2.75, 3.05) is 0 Å². The first-order valence-electron chi connectivity index (χ1n) is 16.8. The number of aromatic nitrogens is 5. The van der Waals surface area contributed by atoms with Crippen molar-refractivity contribution in [2.45, 2.75) is 0 Å². The van der Waals surface area contributed by atoms with Gasteiger partial charge in [0.15, 0.2) is 11.6 Å². The minimum Gasteiger partial charge on any atom is -0.309 e. The van der Waals surface area contributed by atoms with Crippen molar-refractivity contribution in [2.24, 2.45) is 0 Å². The van der Waals surface area contributed by atoms with Gasteiger partial charge < -0.3 is 4.57 Å². The van der Waals surface area contributed by atoms with Gasteiger partial charge in [-0.1, -0.05) is 140 Å². The maximum Gasteiger partial charge on any atom is 0.238 e. The molecule has 0 saturated carbocycles. The quantitative estimate of drug-likeness (QED) is 0.188. The largest absolute Gasteiger partial charge is 0.309 e. The van der Waals surface area contributed by atoms with Crippen molar-refractivity contribution in [3.05, 3.63) is 176 Å². The second-order valence-corrected chi connectivity index (χ2v) is 12.5. The SMILES string of the molecule is c1ccc(-c2cccc(-n3c4ccccc4c4cc5c6ccccc6n(-c6nc(-c7ccccc7)nc(-c7ccccc7)n6)c5cc43)c2)cc1. The van der Waals surface area contributed by atoms with Crippen molar-refractivity contribution < 1.29 is 0 Å². The third-order valence-electron chi connectivity index (χ3n) is 9.57. The Hall–Kier alpha value is -6.85. The van der Waals surface area contributed by atoms with Crippen LogP contribution in [0.3, 0.4) is 0 Å². The average Bonchev–Trinajstić information content (AvgIpc) is 3.70. The summed E-state index contributed by atoms with van der Waals surface area (Å²) in [6.07, 6.45) is 0. The van der Waals surface area contributed by atoms with E-state index in [-0.39, 0.29) is 0 Å². The zero-order valence-electron chi connectivity index (χ0n) is 27.0. The van der Waals surface area contributed by atoms with E-state index in [9.17, 15) is 0 Å². The average molecular weight is 640 g/mol. The molecule has 0 bridgehead atoms. The van der Waals surface area contributed by atoms with Gasteiger partial charge in [-0.15, -0.1) is 0 Å². The van der Waals surface area contributed by atoms with Gasteiger partial charge in [0.1, 0.15) is 0 Å². The Labute approximate surface area is 288 Å². The third-order valence-corrected chi connectivity index (χ3v) is 9.57. The third kappa shape index (κ3) is 4.52. The molecule has 0 aliphatic heterocycles. The molecule has 10 aromatic rings. The highest BCUT2D eigenvalue weighted by molar-refractivity contribution is 6.19. The number of nitrogens with zero attached hydrogens (tertiary/aromatic N) is 5. The molecule has 0 atom stereocenters. The van der Waals surface area contributed by atoms with Crippen LogP contribution in [0, 0.1) is 0 Å². The first-order chi connectivity index (χ1) is 24.8. The normalized spacial score (nSPS) is 11.6.